The summed E-state index contributed by atoms with van der Waals surface area (Å²) in [4.78, 5) is 17.1. The maximum atomic E-state index is 12.7. The minimum Gasteiger partial charge on any atom is -0.348 e. The largest absolute Gasteiger partial charge is 0.348 e. The Kier molecular flexibility index (Phi) is 4.43. The molecule has 0 radical (unpaired) electrons. The molecular weight excluding hydrogens is 292 g/mol. The minimum atomic E-state index is -0.106. The Bertz CT molecular complexity index is 761. The Morgan fingerprint density at radius 3 is 3.00 bits per heavy atom. The Morgan fingerprint density at radius 2 is 2.30 bits per heavy atom. The molecule has 0 aromatic carbocycles. The Balaban J connectivity index is 1.89. The highest BCUT2D eigenvalue weighted by Gasteiger charge is 2.19. The molecule has 0 saturated heterocycles. The summed E-state index contributed by atoms with van der Waals surface area (Å²) in [6.07, 6.45) is 3.10. The first-order valence-electron chi connectivity index (χ1n) is 8.00. The van der Waals surface area contributed by atoms with E-state index in [-0.39, 0.29) is 11.8 Å². The third-order valence-electron chi connectivity index (χ3n) is 4.11. The van der Waals surface area contributed by atoms with Gasteiger partial charge >= 0.3 is 0 Å². The Labute approximate surface area is 135 Å². The van der Waals surface area contributed by atoms with E-state index >= 15 is 0 Å². The van der Waals surface area contributed by atoms with Gasteiger partial charge < -0.3 is 15.2 Å². The van der Waals surface area contributed by atoms with Gasteiger partial charge in [0, 0.05) is 18.8 Å². The molecule has 0 fully saturated rings. The molecule has 2 aromatic heterocycles. The van der Waals surface area contributed by atoms with Crippen molar-refractivity contribution in [3.8, 4) is 0 Å². The molecule has 2 N–H and O–H groups in total. The third kappa shape index (κ3) is 3.27. The summed E-state index contributed by atoms with van der Waals surface area (Å²) in [5.41, 5.74) is 3.80. The molecule has 0 spiro atoms. The molecule has 1 aliphatic heterocycles. The van der Waals surface area contributed by atoms with E-state index in [0.29, 0.717) is 28.9 Å². The summed E-state index contributed by atoms with van der Waals surface area (Å²) in [5.74, 6) is 0.105. The number of nitrogens with zero attached hydrogens (tertiary/aromatic N) is 2. The van der Waals surface area contributed by atoms with E-state index in [4.69, 9.17) is 4.52 Å². The lowest BCUT2D eigenvalue weighted by molar-refractivity contribution is 0.0958. The van der Waals surface area contributed by atoms with Crippen molar-refractivity contribution in [3.05, 3.63) is 34.7 Å². The molecule has 1 amide bonds. The van der Waals surface area contributed by atoms with E-state index < -0.39 is 0 Å². The smallest absolute Gasteiger partial charge is 0.259 e. The van der Waals surface area contributed by atoms with Crippen LogP contribution in [-0.2, 0) is 0 Å². The van der Waals surface area contributed by atoms with E-state index in [9.17, 15) is 4.79 Å². The van der Waals surface area contributed by atoms with Crippen LogP contribution in [0, 0.1) is 6.92 Å². The quantitative estimate of drug-likeness (QED) is 0.847. The normalized spacial score (nSPS) is 15.0. The molecule has 0 unspecified atom stereocenters. The van der Waals surface area contributed by atoms with Crippen LogP contribution in [0.4, 0.5) is 0 Å². The maximum absolute atomic E-state index is 12.7. The molecule has 0 aliphatic carbocycles. The Morgan fingerprint density at radius 1 is 1.48 bits per heavy atom. The molecule has 2 aromatic rings. The number of aromatic nitrogens is 2. The molecule has 6 heteroatoms. The zero-order valence-corrected chi connectivity index (χ0v) is 13.8. The second-order valence-electron chi connectivity index (χ2n) is 6.20. The fourth-order valence-corrected chi connectivity index (χ4v) is 2.71. The summed E-state index contributed by atoms with van der Waals surface area (Å²) in [5, 5.41) is 10.9. The zero-order chi connectivity index (χ0) is 16.4. The van der Waals surface area contributed by atoms with Gasteiger partial charge in [-0.3, -0.25) is 4.79 Å². The molecule has 0 saturated carbocycles. The number of aryl methyl sites for hydroxylation is 1. The van der Waals surface area contributed by atoms with Gasteiger partial charge in [-0.2, -0.15) is 0 Å². The third-order valence-corrected chi connectivity index (χ3v) is 4.11. The number of hydrogen-bond donors (Lipinski definition) is 2. The highest BCUT2D eigenvalue weighted by Crippen LogP contribution is 2.25. The highest BCUT2D eigenvalue weighted by atomic mass is 16.5. The SMILES string of the molecule is Cc1noc2nc(C(C)C)cc(C(=O)NCC3=CCNCC3)c12. The summed E-state index contributed by atoms with van der Waals surface area (Å²) in [6, 6.07) is 1.85. The molecule has 23 heavy (non-hydrogen) atoms. The van der Waals surface area contributed by atoms with E-state index in [1.807, 2.05) is 26.8 Å². The average Bonchev–Trinajstić information content (AvgIpc) is 2.94. The van der Waals surface area contributed by atoms with Gasteiger partial charge in [0.15, 0.2) is 0 Å². The molecular formula is C17H22N4O2. The van der Waals surface area contributed by atoms with Gasteiger partial charge in [0.25, 0.3) is 11.6 Å². The minimum absolute atomic E-state index is 0.106. The summed E-state index contributed by atoms with van der Waals surface area (Å²) < 4.78 is 5.26. The van der Waals surface area contributed by atoms with Crippen LogP contribution in [0.2, 0.25) is 0 Å². The van der Waals surface area contributed by atoms with Crippen LogP contribution in [0.5, 0.6) is 0 Å². The number of nitrogens with one attached hydrogen (secondary N) is 2. The molecule has 6 nitrogen and oxygen atoms in total. The van der Waals surface area contributed by atoms with Crippen molar-refractivity contribution < 1.29 is 9.32 Å². The number of pyridine rings is 1. The van der Waals surface area contributed by atoms with Crippen LogP contribution in [0.25, 0.3) is 11.1 Å². The molecule has 122 valence electrons. The lowest BCUT2D eigenvalue weighted by Crippen LogP contribution is -2.30. The summed E-state index contributed by atoms with van der Waals surface area (Å²) >= 11 is 0. The zero-order valence-electron chi connectivity index (χ0n) is 13.8. The number of rotatable bonds is 4. The monoisotopic (exact) mass is 314 g/mol. The van der Waals surface area contributed by atoms with Crippen molar-refractivity contribution >= 4 is 17.0 Å². The van der Waals surface area contributed by atoms with Crippen LogP contribution in [-0.4, -0.2) is 35.7 Å². The van der Waals surface area contributed by atoms with Gasteiger partial charge in [0.05, 0.1) is 16.6 Å². The molecule has 3 heterocycles. The van der Waals surface area contributed by atoms with E-state index in [2.05, 4.69) is 26.9 Å². The second kappa shape index (κ2) is 6.50. The van der Waals surface area contributed by atoms with Gasteiger partial charge in [0.2, 0.25) is 0 Å². The fraction of sp³-hybridized carbons (Fsp3) is 0.471. The fourth-order valence-electron chi connectivity index (χ4n) is 2.71. The Hall–Kier alpha value is -2.21. The van der Waals surface area contributed by atoms with Crippen molar-refractivity contribution in [1.29, 1.82) is 0 Å². The number of carbonyl (C=O) groups is 1. The van der Waals surface area contributed by atoms with Crippen molar-refractivity contribution in [1.82, 2.24) is 20.8 Å². The summed E-state index contributed by atoms with van der Waals surface area (Å²) in [7, 11) is 0. The second-order valence-corrected chi connectivity index (χ2v) is 6.20. The maximum Gasteiger partial charge on any atom is 0.259 e. The van der Waals surface area contributed by atoms with Gasteiger partial charge in [0.1, 0.15) is 0 Å². The number of hydrogen-bond acceptors (Lipinski definition) is 5. The van der Waals surface area contributed by atoms with Crippen molar-refractivity contribution in [3.63, 3.8) is 0 Å². The predicted octanol–water partition coefficient (Wildman–Crippen LogP) is 2.30. The molecule has 0 bridgehead atoms. The predicted molar refractivity (Wildman–Crippen MR) is 88.5 cm³/mol. The number of carbonyl (C=O) groups excluding carboxylic acids is 1. The van der Waals surface area contributed by atoms with Gasteiger partial charge in [-0.25, -0.2) is 4.98 Å². The van der Waals surface area contributed by atoms with Crippen molar-refractivity contribution in [2.45, 2.75) is 33.1 Å². The van der Waals surface area contributed by atoms with Gasteiger partial charge in [-0.05, 0) is 31.9 Å². The molecule has 3 rings (SSSR count). The van der Waals surface area contributed by atoms with Crippen LogP contribution in [0.3, 0.4) is 0 Å². The van der Waals surface area contributed by atoms with Gasteiger partial charge in [-0.15, -0.1) is 0 Å². The molecule has 0 atom stereocenters. The first-order chi connectivity index (χ1) is 11.1. The van der Waals surface area contributed by atoms with Crippen molar-refractivity contribution in [2.24, 2.45) is 0 Å². The van der Waals surface area contributed by atoms with E-state index in [1.54, 1.807) is 0 Å². The molecule has 1 aliphatic rings. The van der Waals surface area contributed by atoms with Crippen LogP contribution in [0.1, 0.15) is 47.9 Å². The lowest BCUT2D eigenvalue weighted by atomic mass is 10.0. The topological polar surface area (TPSA) is 80.0 Å². The van der Waals surface area contributed by atoms with Crippen molar-refractivity contribution in [2.75, 3.05) is 19.6 Å². The van der Waals surface area contributed by atoms with E-state index in [0.717, 1.165) is 25.2 Å². The van der Waals surface area contributed by atoms with Crippen LogP contribution < -0.4 is 10.6 Å². The summed E-state index contributed by atoms with van der Waals surface area (Å²) in [6.45, 7) is 8.31. The average molecular weight is 314 g/mol. The lowest BCUT2D eigenvalue weighted by Gasteiger charge is -2.15. The van der Waals surface area contributed by atoms with Crippen LogP contribution >= 0.6 is 0 Å². The van der Waals surface area contributed by atoms with E-state index in [1.165, 1.54) is 5.57 Å². The standard InChI is InChI=1S/C17H22N4O2/c1-10(2)14-8-13(15-11(3)21-23-17(15)20-14)16(22)19-9-12-4-6-18-7-5-12/h4,8,10,18H,5-7,9H2,1-3H3,(H,19,22). The highest BCUT2D eigenvalue weighted by molar-refractivity contribution is 6.06. The van der Waals surface area contributed by atoms with Gasteiger partial charge in [-0.1, -0.05) is 30.7 Å². The number of fused-ring (bicyclic) bond motifs is 1. The first-order valence-corrected chi connectivity index (χ1v) is 8.00. The number of amides is 1. The first kappa shape index (κ1) is 15.7. The van der Waals surface area contributed by atoms with Crippen LogP contribution in [0.15, 0.2) is 22.2 Å².